The second-order valence-electron chi connectivity index (χ2n) is 11.3. The highest BCUT2D eigenvalue weighted by Gasteiger charge is 2.30. The van der Waals surface area contributed by atoms with E-state index in [0.29, 0.717) is 38.5 Å². The molecule has 0 bridgehead atoms. The molecule has 1 aliphatic heterocycles. The van der Waals surface area contributed by atoms with Gasteiger partial charge in [0.15, 0.2) is 17.5 Å². The van der Waals surface area contributed by atoms with Crippen molar-refractivity contribution in [2.75, 3.05) is 0 Å². The van der Waals surface area contributed by atoms with Gasteiger partial charge in [-0.15, -0.1) is 0 Å². The minimum atomic E-state index is -3.04. The van der Waals surface area contributed by atoms with Crippen LogP contribution in [-0.4, -0.2) is 19.2 Å². The minimum absolute atomic E-state index is 0.468. The molecule has 0 saturated carbocycles. The van der Waals surface area contributed by atoms with Crippen LogP contribution in [0.1, 0.15) is 5.56 Å². The smallest absolute Gasteiger partial charge is 0.166 e. The van der Waals surface area contributed by atoms with Crippen molar-refractivity contribution in [2.45, 2.75) is 16.7 Å². The second-order valence-corrected chi connectivity index (χ2v) is 13.4. The number of nitrogens with zero attached hydrogens (tertiary/aromatic N) is 4. The molecule has 1 atom stereocenters. The Balaban J connectivity index is 1.49. The molecule has 0 saturated heterocycles. The van der Waals surface area contributed by atoms with Gasteiger partial charge >= 0.3 is 0 Å². The van der Waals surface area contributed by atoms with Crippen molar-refractivity contribution in [2.24, 2.45) is 4.36 Å². The fourth-order valence-corrected chi connectivity index (χ4v) is 8.14. The summed E-state index contributed by atoms with van der Waals surface area (Å²) in [5.74, 6) is 1.58. The monoisotopic (exact) mass is 612 g/mol. The molecule has 6 heteroatoms. The van der Waals surface area contributed by atoms with Crippen molar-refractivity contribution in [3.05, 3.63) is 157 Å². The number of aryl methyl sites for hydroxylation is 1. The van der Waals surface area contributed by atoms with Crippen molar-refractivity contribution in [3.8, 4) is 56.4 Å². The van der Waals surface area contributed by atoms with E-state index < -0.39 is 9.73 Å². The van der Waals surface area contributed by atoms with Crippen molar-refractivity contribution in [1.82, 2.24) is 15.0 Å². The summed E-state index contributed by atoms with van der Waals surface area (Å²) in [6.07, 6.45) is 0. The van der Waals surface area contributed by atoms with E-state index in [4.69, 9.17) is 19.3 Å². The van der Waals surface area contributed by atoms with Crippen LogP contribution in [0.3, 0.4) is 0 Å². The average molecular weight is 613 g/mol. The molecule has 1 aromatic heterocycles. The van der Waals surface area contributed by atoms with Gasteiger partial charge in [-0.3, -0.25) is 0 Å². The Hall–Kier alpha value is -5.72. The van der Waals surface area contributed by atoms with Crippen LogP contribution in [0, 0.1) is 6.92 Å². The molecule has 1 aliphatic rings. The molecule has 5 nitrogen and oxygen atoms in total. The lowest BCUT2D eigenvalue weighted by Gasteiger charge is -2.24. The SMILES string of the molecule is Cc1ccc2c(c1)S(=O)(c1ccccc1)=Nc1c(-c3nc(-c4ccccc4)nc(-c4ccccc4)n3)cc(-c3ccccc3)cc1-2. The third kappa shape index (κ3) is 4.89. The summed E-state index contributed by atoms with van der Waals surface area (Å²) >= 11 is 0. The Morgan fingerprint density at radius 3 is 1.54 bits per heavy atom. The second kappa shape index (κ2) is 11.3. The average Bonchev–Trinajstić information content (AvgIpc) is 3.13. The number of rotatable bonds is 5. The topological polar surface area (TPSA) is 68.1 Å². The van der Waals surface area contributed by atoms with Gasteiger partial charge in [0, 0.05) is 27.8 Å². The molecule has 0 spiro atoms. The number of fused-ring (bicyclic) bond motifs is 3. The summed E-state index contributed by atoms with van der Waals surface area (Å²) in [7, 11) is -3.04. The Morgan fingerprint density at radius 1 is 0.457 bits per heavy atom. The molecule has 0 N–H and O–H groups in total. The van der Waals surface area contributed by atoms with Crippen LogP contribution >= 0.6 is 0 Å². The van der Waals surface area contributed by atoms with E-state index in [1.807, 2.05) is 122 Å². The molecule has 0 aliphatic carbocycles. The molecule has 2 heterocycles. The molecule has 8 rings (SSSR count). The summed E-state index contributed by atoms with van der Waals surface area (Å²) < 4.78 is 20.4. The maximum Gasteiger partial charge on any atom is 0.166 e. The Labute approximate surface area is 268 Å². The van der Waals surface area contributed by atoms with E-state index >= 15 is 4.21 Å². The molecule has 6 aromatic carbocycles. The Morgan fingerprint density at radius 2 is 0.957 bits per heavy atom. The number of hydrogen-bond donors (Lipinski definition) is 0. The maximum atomic E-state index is 15.2. The van der Waals surface area contributed by atoms with Crippen molar-refractivity contribution >= 4 is 15.4 Å². The predicted molar refractivity (Wildman–Crippen MR) is 185 cm³/mol. The lowest BCUT2D eigenvalue weighted by Crippen LogP contribution is -2.09. The van der Waals surface area contributed by atoms with Gasteiger partial charge in [-0.05, 0) is 53.9 Å². The van der Waals surface area contributed by atoms with E-state index in [0.717, 1.165) is 38.9 Å². The standard InChI is InChI=1S/C40H28N4OS/c1-27-22-23-33-34-25-31(28-14-6-2-7-15-28)26-35(37(34)44-46(45,36(33)24-27)32-20-12-5-13-21-32)40-42-38(29-16-8-3-9-17-29)41-39(43-40)30-18-10-4-11-19-30/h2-26H,1H3. The van der Waals surface area contributed by atoms with Crippen molar-refractivity contribution in [1.29, 1.82) is 0 Å². The van der Waals surface area contributed by atoms with Gasteiger partial charge < -0.3 is 0 Å². The van der Waals surface area contributed by atoms with Gasteiger partial charge in [-0.1, -0.05) is 121 Å². The van der Waals surface area contributed by atoms with Crippen LogP contribution in [0.25, 0.3) is 56.4 Å². The normalized spacial score (nSPS) is 15.0. The summed E-state index contributed by atoms with van der Waals surface area (Å²) in [6, 6.07) is 50.0. The first-order valence-corrected chi connectivity index (χ1v) is 16.6. The maximum absolute atomic E-state index is 15.2. The molecule has 0 fully saturated rings. The van der Waals surface area contributed by atoms with E-state index in [-0.39, 0.29) is 0 Å². The van der Waals surface area contributed by atoms with Gasteiger partial charge in [-0.2, -0.15) is 4.36 Å². The summed E-state index contributed by atoms with van der Waals surface area (Å²) in [5.41, 5.74) is 7.91. The third-order valence-corrected chi connectivity index (χ3v) is 10.4. The first-order chi connectivity index (χ1) is 22.6. The highest BCUT2D eigenvalue weighted by molar-refractivity contribution is 7.94. The van der Waals surface area contributed by atoms with E-state index in [1.165, 1.54) is 0 Å². The van der Waals surface area contributed by atoms with Gasteiger partial charge in [0.1, 0.15) is 9.73 Å². The fraction of sp³-hybridized carbons (Fsp3) is 0.0250. The summed E-state index contributed by atoms with van der Waals surface area (Å²) in [5, 5.41) is 0. The number of benzene rings is 6. The largest absolute Gasteiger partial charge is 0.239 e. The van der Waals surface area contributed by atoms with Crippen LogP contribution in [0.4, 0.5) is 5.69 Å². The molecule has 46 heavy (non-hydrogen) atoms. The van der Waals surface area contributed by atoms with Gasteiger partial charge in [0.25, 0.3) is 0 Å². The minimum Gasteiger partial charge on any atom is -0.239 e. The van der Waals surface area contributed by atoms with Gasteiger partial charge in [-0.25, -0.2) is 19.2 Å². The molecular weight excluding hydrogens is 585 g/mol. The van der Waals surface area contributed by atoms with Crippen molar-refractivity contribution < 1.29 is 4.21 Å². The molecule has 7 aromatic rings. The Bertz CT molecular complexity index is 2290. The Kier molecular flexibility index (Phi) is 6.85. The van der Waals surface area contributed by atoms with Crippen LogP contribution in [-0.2, 0) is 9.73 Å². The first-order valence-electron chi connectivity index (χ1n) is 15.1. The summed E-state index contributed by atoms with van der Waals surface area (Å²) in [6.45, 7) is 2.02. The molecule has 220 valence electrons. The predicted octanol–water partition coefficient (Wildman–Crippen LogP) is 10.0. The fourth-order valence-electron chi connectivity index (χ4n) is 5.88. The molecule has 1 unspecified atom stereocenters. The van der Waals surface area contributed by atoms with Crippen LogP contribution in [0.2, 0.25) is 0 Å². The summed E-state index contributed by atoms with van der Waals surface area (Å²) in [4.78, 5) is 16.4. The molecular formula is C40H28N4OS. The number of hydrogen-bond acceptors (Lipinski definition) is 5. The highest BCUT2D eigenvalue weighted by Crippen LogP contribution is 2.50. The van der Waals surface area contributed by atoms with Crippen LogP contribution in [0.5, 0.6) is 0 Å². The molecule has 0 amide bonds. The van der Waals surface area contributed by atoms with E-state index in [9.17, 15) is 0 Å². The van der Waals surface area contributed by atoms with Gasteiger partial charge in [0.2, 0.25) is 0 Å². The first kappa shape index (κ1) is 27.8. The van der Waals surface area contributed by atoms with E-state index in [2.05, 4.69) is 36.4 Å². The zero-order chi connectivity index (χ0) is 31.1. The van der Waals surface area contributed by atoms with Crippen molar-refractivity contribution in [3.63, 3.8) is 0 Å². The lowest BCUT2D eigenvalue weighted by atomic mass is 9.93. The third-order valence-electron chi connectivity index (χ3n) is 8.17. The van der Waals surface area contributed by atoms with Gasteiger partial charge in [0.05, 0.1) is 15.5 Å². The zero-order valence-electron chi connectivity index (χ0n) is 25.0. The molecule has 0 radical (unpaired) electrons. The van der Waals surface area contributed by atoms with Crippen LogP contribution in [0.15, 0.2) is 166 Å². The number of aromatic nitrogens is 3. The van der Waals surface area contributed by atoms with E-state index in [1.54, 1.807) is 0 Å². The quantitative estimate of drug-likeness (QED) is 0.194. The van der Waals surface area contributed by atoms with Crippen LogP contribution < -0.4 is 0 Å². The highest BCUT2D eigenvalue weighted by atomic mass is 32.2. The lowest BCUT2D eigenvalue weighted by molar-refractivity contribution is 0.676. The zero-order valence-corrected chi connectivity index (χ0v) is 25.9.